The van der Waals surface area contributed by atoms with Crippen molar-refractivity contribution >= 4 is 38.9 Å². The molecule has 0 saturated heterocycles. The Bertz CT molecular complexity index is 452. The zero-order valence-electron chi connectivity index (χ0n) is 9.40. The summed E-state index contributed by atoms with van der Waals surface area (Å²) < 4.78 is 1.21. The fourth-order valence-electron chi connectivity index (χ4n) is 1.77. The Hall–Kier alpha value is -0.310. The molecule has 0 saturated carbocycles. The van der Waals surface area contributed by atoms with E-state index >= 15 is 0 Å². The summed E-state index contributed by atoms with van der Waals surface area (Å²) in [7, 11) is 0. The fourth-order valence-corrected chi connectivity index (χ4v) is 3.59. The Morgan fingerprint density at radius 2 is 1.88 bits per heavy atom. The first kappa shape index (κ1) is 13.1. The molecule has 1 unspecified atom stereocenters. The van der Waals surface area contributed by atoms with E-state index in [1.165, 1.54) is 14.2 Å². The van der Waals surface area contributed by atoms with Gasteiger partial charge < -0.3 is 0 Å². The van der Waals surface area contributed by atoms with Crippen LogP contribution in [0.5, 0.6) is 0 Å². The van der Waals surface area contributed by atoms with Crippen LogP contribution in [0.1, 0.15) is 28.7 Å². The van der Waals surface area contributed by atoms with Crippen LogP contribution >= 0.6 is 38.9 Å². The second-order valence-electron chi connectivity index (χ2n) is 3.98. The predicted molar refractivity (Wildman–Crippen MR) is 80.0 cm³/mol. The van der Waals surface area contributed by atoms with Crippen molar-refractivity contribution in [3.05, 3.63) is 56.7 Å². The Kier molecular flexibility index (Phi) is 5.08. The SMILES string of the molecule is ClC(CCCc1ccc(Br)s1)c1ccccc1. The van der Waals surface area contributed by atoms with Crippen molar-refractivity contribution in [1.29, 1.82) is 0 Å². The average Bonchev–Trinajstić information content (AvgIpc) is 2.76. The number of benzene rings is 1. The third-order valence-corrected chi connectivity index (χ3v) is 4.82. The molecule has 90 valence electrons. The van der Waals surface area contributed by atoms with Gasteiger partial charge in [0.2, 0.25) is 0 Å². The molecule has 0 amide bonds. The van der Waals surface area contributed by atoms with E-state index in [0.717, 1.165) is 19.3 Å². The van der Waals surface area contributed by atoms with Gasteiger partial charge >= 0.3 is 0 Å². The topological polar surface area (TPSA) is 0 Å². The van der Waals surface area contributed by atoms with Gasteiger partial charge in [0, 0.05) is 4.88 Å². The van der Waals surface area contributed by atoms with Crippen LogP contribution in [0.4, 0.5) is 0 Å². The lowest BCUT2D eigenvalue weighted by Gasteiger charge is -2.08. The number of thiophene rings is 1. The van der Waals surface area contributed by atoms with Gasteiger partial charge in [-0.25, -0.2) is 0 Å². The average molecular weight is 330 g/mol. The summed E-state index contributed by atoms with van der Waals surface area (Å²) >= 11 is 11.7. The Morgan fingerprint density at radius 1 is 1.12 bits per heavy atom. The van der Waals surface area contributed by atoms with E-state index in [2.05, 4.69) is 40.2 Å². The smallest absolute Gasteiger partial charge is 0.0701 e. The zero-order chi connectivity index (χ0) is 12.1. The summed E-state index contributed by atoms with van der Waals surface area (Å²) in [6, 6.07) is 14.6. The third-order valence-electron chi connectivity index (χ3n) is 2.67. The maximum absolute atomic E-state index is 6.37. The van der Waals surface area contributed by atoms with Crippen LogP contribution in [-0.4, -0.2) is 0 Å². The summed E-state index contributed by atoms with van der Waals surface area (Å²) in [5.41, 5.74) is 1.22. The van der Waals surface area contributed by atoms with Crippen molar-refractivity contribution in [2.45, 2.75) is 24.6 Å². The molecule has 0 bridgehead atoms. The molecular formula is C14H14BrClS. The molecular weight excluding hydrogens is 316 g/mol. The highest BCUT2D eigenvalue weighted by molar-refractivity contribution is 9.11. The molecule has 1 aromatic carbocycles. The van der Waals surface area contributed by atoms with Crippen LogP contribution < -0.4 is 0 Å². The van der Waals surface area contributed by atoms with Crippen LogP contribution in [0.3, 0.4) is 0 Å². The first-order valence-corrected chi connectivity index (χ1v) is 7.73. The molecule has 3 heteroatoms. The molecule has 0 N–H and O–H groups in total. The highest BCUT2D eigenvalue weighted by Crippen LogP contribution is 2.28. The van der Waals surface area contributed by atoms with Gasteiger partial charge in [-0.3, -0.25) is 0 Å². The van der Waals surface area contributed by atoms with Crippen molar-refractivity contribution in [3.8, 4) is 0 Å². The Labute approximate surface area is 120 Å². The summed E-state index contributed by atoms with van der Waals surface area (Å²) in [5, 5.41) is 0.139. The van der Waals surface area contributed by atoms with E-state index in [0.29, 0.717) is 0 Å². The third kappa shape index (κ3) is 4.13. The number of aryl methyl sites for hydroxylation is 1. The minimum atomic E-state index is 0.139. The van der Waals surface area contributed by atoms with Crippen molar-refractivity contribution in [3.63, 3.8) is 0 Å². The molecule has 0 spiro atoms. The van der Waals surface area contributed by atoms with Crippen LogP contribution in [0.15, 0.2) is 46.3 Å². The van der Waals surface area contributed by atoms with Crippen molar-refractivity contribution < 1.29 is 0 Å². The molecule has 2 rings (SSSR count). The standard InChI is InChI=1S/C14H14BrClS/c15-14-10-9-12(17-14)7-4-8-13(16)11-5-2-1-3-6-11/h1-3,5-6,9-10,13H,4,7-8H2. The van der Waals surface area contributed by atoms with Gasteiger partial charge in [-0.05, 0) is 52.9 Å². The van der Waals surface area contributed by atoms with E-state index in [1.807, 2.05) is 29.5 Å². The molecule has 0 radical (unpaired) electrons. The van der Waals surface area contributed by atoms with Crippen molar-refractivity contribution in [2.24, 2.45) is 0 Å². The number of alkyl halides is 1. The summed E-state index contributed by atoms with van der Waals surface area (Å²) in [4.78, 5) is 1.42. The summed E-state index contributed by atoms with van der Waals surface area (Å²) in [6.45, 7) is 0. The van der Waals surface area contributed by atoms with Gasteiger partial charge in [-0.15, -0.1) is 22.9 Å². The lowest BCUT2D eigenvalue weighted by Crippen LogP contribution is -1.91. The fraction of sp³-hybridized carbons (Fsp3) is 0.286. The molecule has 17 heavy (non-hydrogen) atoms. The van der Waals surface area contributed by atoms with Gasteiger partial charge in [-0.1, -0.05) is 30.3 Å². The molecule has 0 fully saturated rings. The van der Waals surface area contributed by atoms with Gasteiger partial charge in [0.05, 0.1) is 9.16 Å². The maximum atomic E-state index is 6.37. The second kappa shape index (κ2) is 6.58. The number of rotatable bonds is 5. The van der Waals surface area contributed by atoms with Crippen LogP contribution in [0.2, 0.25) is 0 Å². The monoisotopic (exact) mass is 328 g/mol. The normalized spacial score (nSPS) is 12.6. The van der Waals surface area contributed by atoms with Crippen molar-refractivity contribution in [1.82, 2.24) is 0 Å². The lowest BCUT2D eigenvalue weighted by atomic mass is 10.1. The predicted octanol–water partition coefficient (Wildman–Crippen LogP) is 5.81. The van der Waals surface area contributed by atoms with Crippen LogP contribution in [0, 0.1) is 0 Å². The number of hydrogen-bond donors (Lipinski definition) is 0. The molecule has 0 aliphatic rings. The lowest BCUT2D eigenvalue weighted by molar-refractivity contribution is 0.721. The van der Waals surface area contributed by atoms with Gasteiger partial charge in [0.1, 0.15) is 0 Å². The molecule has 1 aromatic heterocycles. The minimum Gasteiger partial charge on any atom is -0.133 e. The minimum absolute atomic E-state index is 0.139. The van der Waals surface area contributed by atoms with Crippen molar-refractivity contribution in [2.75, 3.05) is 0 Å². The quantitative estimate of drug-likeness (QED) is 0.607. The van der Waals surface area contributed by atoms with Gasteiger partial charge in [0.15, 0.2) is 0 Å². The van der Waals surface area contributed by atoms with Gasteiger partial charge in [0.25, 0.3) is 0 Å². The molecule has 2 aromatic rings. The zero-order valence-corrected chi connectivity index (χ0v) is 12.6. The van der Waals surface area contributed by atoms with E-state index in [1.54, 1.807) is 0 Å². The Balaban J connectivity index is 1.79. The first-order chi connectivity index (χ1) is 8.25. The summed E-state index contributed by atoms with van der Waals surface area (Å²) in [6.07, 6.45) is 3.28. The molecule has 1 heterocycles. The number of halogens is 2. The molecule has 0 nitrogen and oxygen atoms in total. The molecule has 0 aliphatic heterocycles. The molecule has 0 aliphatic carbocycles. The molecule has 1 atom stereocenters. The van der Waals surface area contributed by atoms with Gasteiger partial charge in [-0.2, -0.15) is 0 Å². The van der Waals surface area contributed by atoms with Crippen LogP contribution in [0.25, 0.3) is 0 Å². The second-order valence-corrected chi connectivity index (χ2v) is 7.05. The highest BCUT2D eigenvalue weighted by atomic mass is 79.9. The highest BCUT2D eigenvalue weighted by Gasteiger charge is 2.07. The Morgan fingerprint density at radius 3 is 2.53 bits per heavy atom. The van der Waals surface area contributed by atoms with E-state index in [9.17, 15) is 0 Å². The number of hydrogen-bond acceptors (Lipinski definition) is 1. The van der Waals surface area contributed by atoms with E-state index in [-0.39, 0.29) is 5.38 Å². The maximum Gasteiger partial charge on any atom is 0.0701 e. The van der Waals surface area contributed by atoms with E-state index in [4.69, 9.17) is 11.6 Å². The largest absolute Gasteiger partial charge is 0.133 e. The van der Waals surface area contributed by atoms with E-state index < -0.39 is 0 Å². The first-order valence-electron chi connectivity index (χ1n) is 5.69. The summed E-state index contributed by atoms with van der Waals surface area (Å²) in [5.74, 6) is 0. The van der Waals surface area contributed by atoms with Crippen LogP contribution in [-0.2, 0) is 6.42 Å².